The van der Waals surface area contributed by atoms with Crippen LogP contribution in [-0.4, -0.2) is 30.8 Å². The summed E-state index contributed by atoms with van der Waals surface area (Å²) in [7, 11) is 0. The van der Waals surface area contributed by atoms with Gasteiger partial charge in [0.25, 0.3) is 0 Å². The Bertz CT molecular complexity index is 793. The molecule has 19 heavy (non-hydrogen) atoms. The second-order valence-electron chi connectivity index (χ2n) is 4.03. The first-order valence-electron chi connectivity index (χ1n) is 5.69. The van der Waals surface area contributed by atoms with Gasteiger partial charge in [-0.15, -0.1) is 10.2 Å². The highest BCUT2D eigenvalue weighted by Crippen LogP contribution is 2.30. The number of H-pyrrole nitrogens is 2. The topological polar surface area (TPSA) is 92.4 Å². The summed E-state index contributed by atoms with van der Waals surface area (Å²) >= 11 is 0. The van der Waals surface area contributed by atoms with Gasteiger partial charge in [-0.2, -0.15) is 0 Å². The number of aromatic amines is 2. The number of hydrogen-bond donors (Lipinski definition) is 2. The van der Waals surface area contributed by atoms with Crippen LogP contribution in [0.15, 0.2) is 36.4 Å². The Labute approximate surface area is 106 Å². The van der Waals surface area contributed by atoms with E-state index in [-0.39, 0.29) is 0 Å². The summed E-state index contributed by atoms with van der Waals surface area (Å²) < 4.78 is 5.88. The molecule has 0 saturated carbocycles. The van der Waals surface area contributed by atoms with Crippen LogP contribution in [0, 0.1) is 0 Å². The molecule has 0 aliphatic rings. The van der Waals surface area contributed by atoms with Crippen LogP contribution in [0.2, 0.25) is 0 Å². The minimum atomic E-state index is 0.627. The summed E-state index contributed by atoms with van der Waals surface area (Å²) in [5, 5.41) is 21.2. The van der Waals surface area contributed by atoms with Crippen molar-refractivity contribution in [1.82, 2.24) is 30.8 Å². The maximum atomic E-state index is 5.88. The van der Waals surface area contributed by atoms with Gasteiger partial charge >= 0.3 is 0 Å². The third kappa shape index (κ3) is 1.52. The molecule has 0 aliphatic carbocycles. The predicted octanol–water partition coefficient (Wildman–Crippen LogP) is 2.02. The van der Waals surface area contributed by atoms with E-state index in [4.69, 9.17) is 4.74 Å². The molecule has 2 heterocycles. The van der Waals surface area contributed by atoms with Crippen LogP contribution in [0.25, 0.3) is 22.1 Å². The minimum absolute atomic E-state index is 0.627. The summed E-state index contributed by atoms with van der Waals surface area (Å²) in [5.74, 6) is 1.25. The zero-order valence-corrected chi connectivity index (χ0v) is 9.66. The molecule has 4 rings (SSSR count). The highest BCUT2D eigenvalue weighted by Gasteiger charge is 2.10. The van der Waals surface area contributed by atoms with Gasteiger partial charge in [0, 0.05) is 0 Å². The van der Waals surface area contributed by atoms with Gasteiger partial charge in [0.1, 0.15) is 0 Å². The molecule has 0 spiro atoms. The molecule has 2 aromatic heterocycles. The summed E-state index contributed by atoms with van der Waals surface area (Å²) in [6, 6.07) is 11.2. The van der Waals surface area contributed by atoms with Gasteiger partial charge < -0.3 is 4.74 Å². The number of aromatic nitrogens is 6. The number of fused-ring (bicyclic) bond motifs is 2. The molecule has 0 aliphatic heterocycles. The molecule has 4 aromatic rings. The molecule has 0 saturated heterocycles. The largest absolute Gasteiger partial charge is 0.453 e. The van der Waals surface area contributed by atoms with Crippen molar-refractivity contribution in [2.24, 2.45) is 0 Å². The van der Waals surface area contributed by atoms with Crippen molar-refractivity contribution in [3.05, 3.63) is 36.4 Å². The predicted molar refractivity (Wildman–Crippen MR) is 67.9 cm³/mol. The van der Waals surface area contributed by atoms with Crippen LogP contribution in [0.4, 0.5) is 0 Å². The van der Waals surface area contributed by atoms with Crippen LogP contribution in [0.3, 0.4) is 0 Å². The molecule has 7 nitrogen and oxygen atoms in total. The van der Waals surface area contributed by atoms with Gasteiger partial charge in [0.2, 0.25) is 0 Å². The van der Waals surface area contributed by atoms with Crippen molar-refractivity contribution in [3.63, 3.8) is 0 Å². The van der Waals surface area contributed by atoms with Crippen LogP contribution < -0.4 is 4.74 Å². The van der Waals surface area contributed by atoms with E-state index < -0.39 is 0 Å². The van der Waals surface area contributed by atoms with E-state index >= 15 is 0 Å². The number of ether oxygens (including phenoxy) is 1. The van der Waals surface area contributed by atoms with Crippen LogP contribution >= 0.6 is 0 Å². The summed E-state index contributed by atoms with van der Waals surface area (Å²) in [4.78, 5) is 0. The Balaban J connectivity index is 1.86. The van der Waals surface area contributed by atoms with Gasteiger partial charge in [-0.1, -0.05) is 22.6 Å². The molecule has 0 bridgehead atoms. The van der Waals surface area contributed by atoms with Gasteiger partial charge in [-0.25, -0.2) is 0 Å². The maximum Gasteiger partial charge on any atom is 0.157 e. The Hall–Kier alpha value is -2.96. The molecule has 0 radical (unpaired) electrons. The smallest absolute Gasteiger partial charge is 0.157 e. The molecule has 7 heteroatoms. The summed E-state index contributed by atoms with van der Waals surface area (Å²) in [6.07, 6.45) is 0. The molecule has 0 atom stereocenters. The Morgan fingerprint density at radius 1 is 0.737 bits per heavy atom. The molecule has 92 valence electrons. The fraction of sp³-hybridized carbons (Fsp3) is 0. The van der Waals surface area contributed by atoms with E-state index in [1.807, 2.05) is 36.4 Å². The molecule has 0 unspecified atom stereocenters. The quantitative estimate of drug-likeness (QED) is 0.569. The van der Waals surface area contributed by atoms with Crippen molar-refractivity contribution >= 4 is 22.1 Å². The number of benzene rings is 2. The average molecular weight is 252 g/mol. The van der Waals surface area contributed by atoms with E-state index in [2.05, 4.69) is 30.8 Å². The van der Waals surface area contributed by atoms with Gasteiger partial charge in [-0.3, -0.25) is 10.2 Å². The second-order valence-corrected chi connectivity index (χ2v) is 4.03. The van der Waals surface area contributed by atoms with Crippen molar-refractivity contribution in [2.75, 3.05) is 0 Å². The van der Waals surface area contributed by atoms with Gasteiger partial charge in [-0.05, 0) is 24.3 Å². The van der Waals surface area contributed by atoms with Gasteiger partial charge in [0.15, 0.2) is 22.5 Å². The molecule has 2 aromatic carbocycles. The first-order chi connectivity index (χ1) is 9.42. The standard InChI is InChI=1S/C12H8N6O/c1-3-7-11(15-17-13-7)9(5-1)19-10-6-2-4-8-12(10)16-18-14-8/h1-6H,(H,13,15,17)(H,14,16,18). The Kier molecular flexibility index (Phi) is 1.99. The zero-order chi connectivity index (χ0) is 12.7. The third-order valence-corrected chi connectivity index (χ3v) is 2.86. The first-order valence-corrected chi connectivity index (χ1v) is 5.69. The third-order valence-electron chi connectivity index (χ3n) is 2.86. The summed E-state index contributed by atoms with van der Waals surface area (Å²) in [5.41, 5.74) is 3.01. The maximum absolute atomic E-state index is 5.88. The molecule has 2 N–H and O–H groups in total. The lowest BCUT2D eigenvalue weighted by atomic mass is 10.2. The van der Waals surface area contributed by atoms with Crippen LogP contribution in [0.1, 0.15) is 0 Å². The zero-order valence-electron chi connectivity index (χ0n) is 9.66. The highest BCUT2D eigenvalue weighted by atomic mass is 16.5. The van der Waals surface area contributed by atoms with E-state index in [1.54, 1.807) is 0 Å². The lowest BCUT2D eigenvalue weighted by molar-refractivity contribution is 0.491. The van der Waals surface area contributed by atoms with E-state index in [1.165, 1.54) is 0 Å². The van der Waals surface area contributed by atoms with Crippen molar-refractivity contribution in [3.8, 4) is 11.5 Å². The Morgan fingerprint density at radius 2 is 1.26 bits per heavy atom. The average Bonchev–Trinajstić information content (AvgIpc) is 3.08. The monoisotopic (exact) mass is 252 g/mol. The molecule has 0 amide bonds. The van der Waals surface area contributed by atoms with Crippen LogP contribution in [0.5, 0.6) is 11.5 Å². The lowest BCUT2D eigenvalue weighted by Gasteiger charge is -2.05. The number of nitrogens with zero attached hydrogens (tertiary/aromatic N) is 4. The molecule has 0 fully saturated rings. The van der Waals surface area contributed by atoms with Crippen molar-refractivity contribution in [2.45, 2.75) is 0 Å². The SMILES string of the molecule is c1cc(Oc2cccc3[nH]nnc23)c2nn[nH]c2c1. The lowest BCUT2D eigenvalue weighted by Crippen LogP contribution is -1.87. The molecular formula is C12H8N6O. The first kappa shape index (κ1) is 10.0. The molecular weight excluding hydrogens is 244 g/mol. The fourth-order valence-electron chi connectivity index (χ4n) is 1.97. The Morgan fingerprint density at radius 3 is 1.79 bits per heavy atom. The highest BCUT2D eigenvalue weighted by molar-refractivity contribution is 5.83. The summed E-state index contributed by atoms with van der Waals surface area (Å²) in [6.45, 7) is 0. The number of hydrogen-bond acceptors (Lipinski definition) is 5. The number of nitrogens with one attached hydrogen (secondary N) is 2. The fourth-order valence-corrected chi connectivity index (χ4v) is 1.97. The van der Waals surface area contributed by atoms with Crippen molar-refractivity contribution < 1.29 is 4.74 Å². The van der Waals surface area contributed by atoms with Gasteiger partial charge in [0.05, 0.1) is 11.0 Å². The van der Waals surface area contributed by atoms with E-state index in [0.29, 0.717) is 22.5 Å². The van der Waals surface area contributed by atoms with E-state index in [0.717, 1.165) is 11.0 Å². The normalized spacial score (nSPS) is 11.2. The van der Waals surface area contributed by atoms with Crippen LogP contribution in [-0.2, 0) is 0 Å². The van der Waals surface area contributed by atoms with E-state index in [9.17, 15) is 0 Å². The number of rotatable bonds is 2. The minimum Gasteiger partial charge on any atom is -0.453 e. The van der Waals surface area contributed by atoms with Crippen molar-refractivity contribution in [1.29, 1.82) is 0 Å². The second kappa shape index (κ2) is 3.77.